The molecule has 2 fully saturated rings. The van der Waals surface area contributed by atoms with Crippen molar-refractivity contribution in [3.63, 3.8) is 0 Å². The summed E-state index contributed by atoms with van der Waals surface area (Å²) in [7, 11) is 3.18. The predicted molar refractivity (Wildman–Crippen MR) is 119 cm³/mol. The third kappa shape index (κ3) is 4.77. The smallest absolute Gasteiger partial charge is 0.257 e. The molecule has 0 bridgehead atoms. The average Bonchev–Trinajstić information content (AvgIpc) is 2.84. The SMILES string of the molecule is COc1ccc(OC)c(C(=O)N2CCCC(N3CCN(c4ccc(F)cc4)CC3)C2)c1. The number of likely N-dealkylation sites (tertiary alicyclic amines) is 1. The Bertz CT molecular complexity index is 897. The fraction of sp³-hybridized carbons (Fsp3) is 0.458. The van der Waals surface area contributed by atoms with Gasteiger partial charge in [-0.1, -0.05) is 0 Å². The normalized spacial score (nSPS) is 19.9. The van der Waals surface area contributed by atoms with Crippen LogP contribution >= 0.6 is 0 Å². The summed E-state index contributed by atoms with van der Waals surface area (Å²) in [6.07, 6.45) is 2.08. The molecule has 0 spiro atoms. The van der Waals surface area contributed by atoms with Gasteiger partial charge in [-0.15, -0.1) is 0 Å². The number of hydrogen-bond donors (Lipinski definition) is 0. The Kier molecular flexibility index (Phi) is 6.61. The molecule has 4 rings (SSSR count). The molecular weight excluding hydrogens is 397 g/mol. The van der Waals surface area contributed by atoms with Crippen molar-refractivity contribution in [1.29, 1.82) is 0 Å². The van der Waals surface area contributed by atoms with Crippen LogP contribution in [-0.2, 0) is 0 Å². The molecule has 1 unspecified atom stereocenters. The Morgan fingerprint density at radius 2 is 1.71 bits per heavy atom. The number of rotatable bonds is 5. The summed E-state index contributed by atoms with van der Waals surface area (Å²) in [6, 6.07) is 12.4. The average molecular weight is 428 g/mol. The van der Waals surface area contributed by atoms with E-state index in [0.717, 1.165) is 57.8 Å². The maximum atomic E-state index is 13.3. The van der Waals surface area contributed by atoms with E-state index in [1.807, 2.05) is 17.0 Å². The molecule has 1 amide bonds. The third-order valence-corrected chi connectivity index (χ3v) is 6.34. The quantitative estimate of drug-likeness (QED) is 0.733. The highest BCUT2D eigenvalue weighted by Gasteiger charge is 2.31. The number of hydrogen-bond acceptors (Lipinski definition) is 5. The van der Waals surface area contributed by atoms with Crippen LogP contribution < -0.4 is 14.4 Å². The summed E-state index contributed by atoms with van der Waals surface area (Å²) in [6.45, 7) is 5.15. The molecule has 6 nitrogen and oxygen atoms in total. The van der Waals surface area contributed by atoms with Crippen LogP contribution in [0.5, 0.6) is 11.5 Å². The fourth-order valence-electron chi connectivity index (χ4n) is 4.59. The molecule has 0 aromatic heterocycles. The van der Waals surface area contributed by atoms with Crippen molar-refractivity contribution in [3.8, 4) is 11.5 Å². The molecule has 0 saturated carbocycles. The zero-order valence-corrected chi connectivity index (χ0v) is 18.2. The summed E-state index contributed by atoms with van der Waals surface area (Å²) < 4.78 is 23.9. The maximum Gasteiger partial charge on any atom is 0.257 e. The van der Waals surface area contributed by atoms with Gasteiger partial charge in [0.05, 0.1) is 19.8 Å². The van der Waals surface area contributed by atoms with Crippen LogP contribution in [0.25, 0.3) is 0 Å². The number of methoxy groups -OCH3 is 2. The minimum Gasteiger partial charge on any atom is -0.497 e. The molecule has 1 atom stereocenters. The van der Waals surface area contributed by atoms with Gasteiger partial charge in [0.25, 0.3) is 5.91 Å². The van der Waals surface area contributed by atoms with Gasteiger partial charge in [-0.3, -0.25) is 9.69 Å². The van der Waals surface area contributed by atoms with Crippen LogP contribution in [0.2, 0.25) is 0 Å². The molecule has 2 heterocycles. The number of piperidine rings is 1. The van der Waals surface area contributed by atoms with Crippen LogP contribution in [0.1, 0.15) is 23.2 Å². The van der Waals surface area contributed by atoms with Gasteiger partial charge in [0.15, 0.2) is 0 Å². The number of halogens is 1. The lowest BCUT2D eigenvalue weighted by Crippen LogP contribution is -2.55. The molecule has 2 aliphatic heterocycles. The molecule has 0 N–H and O–H groups in total. The van der Waals surface area contributed by atoms with E-state index in [2.05, 4.69) is 9.80 Å². The second kappa shape index (κ2) is 9.56. The summed E-state index contributed by atoms with van der Waals surface area (Å²) in [5.41, 5.74) is 1.61. The van der Waals surface area contributed by atoms with Gasteiger partial charge in [-0.05, 0) is 55.3 Å². The first-order valence-corrected chi connectivity index (χ1v) is 10.8. The standard InChI is InChI=1S/C24H30FN3O3/c1-30-21-9-10-23(31-2)22(16-21)24(29)28-11-3-4-20(17-28)27-14-12-26(13-15-27)19-7-5-18(25)6-8-19/h5-10,16,20H,3-4,11-15,17H2,1-2H3. The lowest BCUT2D eigenvalue weighted by Gasteiger charge is -2.44. The van der Waals surface area contributed by atoms with Gasteiger partial charge in [0.2, 0.25) is 0 Å². The molecule has 2 aliphatic rings. The van der Waals surface area contributed by atoms with Gasteiger partial charge < -0.3 is 19.3 Å². The maximum absolute atomic E-state index is 13.3. The first-order valence-electron chi connectivity index (χ1n) is 10.8. The topological polar surface area (TPSA) is 45.3 Å². The Labute approximate surface area is 183 Å². The van der Waals surface area contributed by atoms with Crippen molar-refractivity contribution in [2.75, 3.05) is 58.4 Å². The molecule has 0 aliphatic carbocycles. The van der Waals surface area contributed by atoms with E-state index in [-0.39, 0.29) is 11.7 Å². The zero-order valence-electron chi connectivity index (χ0n) is 18.2. The number of ether oxygens (including phenoxy) is 2. The van der Waals surface area contributed by atoms with Crippen molar-refractivity contribution in [2.45, 2.75) is 18.9 Å². The van der Waals surface area contributed by atoms with Crippen LogP contribution in [-0.4, -0.2) is 75.2 Å². The number of amides is 1. The van der Waals surface area contributed by atoms with Gasteiger partial charge in [0.1, 0.15) is 17.3 Å². The summed E-state index contributed by atoms with van der Waals surface area (Å²) in [5.74, 6) is 1.00. The molecular formula is C24H30FN3O3. The molecule has 31 heavy (non-hydrogen) atoms. The summed E-state index contributed by atoms with van der Waals surface area (Å²) in [5, 5.41) is 0. The van der Waals surface area contributed by atoms with E-state index in [4.69, 9.17) is 9.47 Å². The van der Waals surface area contributed by atoms with Gasteiger partial charge in [-0.25, -0.2) is 4.39 Å². The lowest BCUT2D eigenvalue weighted by atomic mass is 10.0. The molecule has 0 radical (unpaired) electrons. The fourth-order valence-corrected chi connectivity index (χ4v) is 4.59. The number of piperazine rings is 1. The number of nitrogens with zero attached hydrogens (tertiary/aromatic N) is 3. The van der Waals surface area contributed by atoms with E-state index in [1.54, 1.807) is 32.4 Å². The van der Waals surface area contributed by atoms with Crippen LogP contribution in [0, 0.1) is 5.82 Å². The number of carbonyl (C=O) groups excluding carboxylic acids is 1. The van der Waals surface area contributed by atoms with Crippen LogP contribution in [0.15, 0.2) is 42.5 Å². The Balaban J connectivity index is 1.39. The van der Waals surface area contributed by atoms with E-state index < -0.39 is 0 Å². The van der Waals surface area contributed by atoms with Gasteiger partial charge in [-0.2, -0.15) is 0 Å². The van der Waals surface area contributed by atoms with E-state index in [9.17, 15) is 9.18 Å². The summed E-state index contributed by atoms with van der Waals surface area (Å²) in [4.78, 5) is 20.0. The van der Waals surface area contributed by atoms with Crippen LogP contribution in [0.4, 0.5) is 10.1 Å². The summed E-state index contributed by atoms with van der Waals surface area (Å²) >= 11 is 0. The van der Waals surface area contributed by atoms with Crippen molar-refractivity contribution >= 4 is 11.6 Å². The highest BCUT2D eigenvalue weighted by atomic mass is 19.1. The second-order valence-electron chi connectivity index (χ2n) is 8.11. The molecule has 7 heteroatoms. The minimum absolute atomic E-state index is 0.00889. The highest BCUT2D eigenvalue weighted by Crippen LogP contribution is 2.28. The minimum atomic E-state index is -0.206. The third-order valence-electron chi connectivity index (χ3n) is 6.34. The van der Waals surface area contributed by atoms with Crippen LogP contribution in [0.3, 0.4) is 0 Å². The Hall–Kier alpha value is -2.80. The number of benzene rings is 2. The molecule has 2 saturated heterocycles. The lowest BCUT2D eigenvalue weighted by molar-refractivity contribution is 0.0560. The van der Waals surface area contributed by atoms with Crippen molar-refractivity contribution in [3.05, 3.63) is 53.8 Å². The van der Waals surface area contributed by atoms with E-state index in [0.29, 0.717) is 23.1 Å². The first-order chi connectivity index (χ1) is 15.1. The van der Waals surface area contributed by atoms with E-state index in [1.165, 1.54) is 12.1 Å². The van der Waals surface area contributed by atoms with Crippen molar-refractivity contribution < 1.29 is 18.7 Å². The monoisotopic (exact) mass is 427 g/mol. The number of carbonyl (C=O) groups is 1. The largest absolute Gasteiger partial charge is 0.497 e. The van der Waals surface area contributed by atoms with Crippen molar-refractivity contribution in [1.82, 2.24) is 9.80 Å². The molecule has 166 valence electrons. The second-order valence-corrected chi connectivity index (χ2v) is 8.11. The van der Waals surface area contributed by atoms with Gasteiger partial charge >= 0.3 is 0 Å². The predicted octanol–water partition coefficient (Wildman–Crippen LogP) is 3.27. The molecule has 2 aromatic carbocycles. The zero-order chi connectivity index (χ0) is 21.8. The number of anilines is 1. The van der Waals surface area contributed by atoms with Gasteiger partial charge in [0, 0.05) is 51.0 Å². The molecule has 2 aromatic rings. The van der Waals surface area contributed by atoms with E-state index >= 15 is 0 Å². The first kappa shape index (κ1) is 21.4. The Morgan fingerprint density at radius 1 is 0.968 bits per heavy atom. The Morgan fingerprint density at radius 3 is 2.39 bits per heavy atom. The van der Waals surface area contributed by atoms with Crippen molar-refractivity contribution in [2.24, 2.45) is 0 Å². The highest BCUT2D eigenvalue weighted by molar-refractivity contribution is 5.97.